The quantitative estimate of drug-likeness (QED) is 0.353. The zero-order valence-corrected chi connectivity index (χ0v) is 16.7. The van der Waals surface area contributed by atoms with Crippen molar-refractivity contribution >= 4 is 39.1 Å². The fourth-order valence-electron chi connectivity index (χ4n) is 4.14. The van der Waals surface area contributed by atoms with E-state index in [0.717, 1.165) is 22.4 Å². The summed E-state index contributed by atoms with van der Waals surface area (Å²) in [4.78, 5) is 36.9. The molecule has 0 radical (unpaired) electrons. The van der Waals surface area contributed by atoms with Gasteiger partial charge in [-0.05, 0) is 31.2 Å². The van der Waals surface area contributed by atoms with Gasteiger partial charge in [0.25, 0.3) is 5.69 Å². The molecular formula is C24H16N2O5. The molecule has 1 aliphatic rings. The van der Waals surface area contributed by atoms with Crippen LogP contribution in [0.25, 0.3) is 21.8 Å². The van der Waals surface area contributed by atoms with Gasteiger partial charge in [0.15, 0.2) is 11.5 Å². The smallest absolute Gasteiger partial charge is 0.276 e. The van der Waals surface area contributed by atoms with Gasteiger partial charge in [0, 0.05) is 40.5 Å². The molecule has 0 saturated carbocycles. The largest absolute Gasteiger partial charge is 0.453 e. The van der Waals surface area contributed by atoms with Crippen LogP contribution in [-0.2, 0) is 7.05 Å². The van der Waals surface area contributed by atoms with E-state index >= 15 is 0 Å². The lowest BCUT2D eigenvalue weighted by Crippen LogP contribution is -2.21. The minimum absolute atomic E-state index is 0.121. The van der Waals surface area contributed by atoms with E-state index in [1.54, 1.807) is 19.1 Å². The molecule has 152 valence electrons. The number of carbonyl (C=O) groups is 2. The van der Waals surface area contributed by atoms with Crippen molar-refractivity contribution in [2.75, 3.05) is 0 Å². The first kappa shape index (κ1) is 18.7. The summed E-state index contributed by atoms with van der Waals surface area (Å²) in [5, 5.41) is 13.1. The molecule has 0 atom stereocenters. The number of allylic oxidation sites excluding steroid dienone is 2. The number of aryl methyl sites for hydroxylation is 2. The zero-order chi connectivity index (χ0) is 21.9. The van der Waals surface area contributed by atoms with Crippen molar-refractivity contribution in [1.82, 2.24) is 4.57 Å². The molecule has 0 aliphatic heterocycles. The van der Waals surface area contributed by atoms with Crippen LogP contribution < -0.4 is 4.74 Å². The molecule has 31 heavy (non-hydrogen) atoms. The minimum Gasteiger partial charge on any atom is -0.453 e. The Hall–Kier alpha value is -4.26. The number of nitro benzene ring substituents is 1. The van der Waals surface area contributed by atoms with Crippen molar-refractivity contribution in [2.24, 2.45) is 7.05 Å². The number of ketones is 2. The number of rotatable bonds is 3. The van der Waals surface area contributed by atoms with Crippen LogP contribution in [0, 0.1) is 17.0 Å². The number of ether oxygens (including phenoxy) is 1. The van der Waals surface area contributed by atoms with Crippen LogP contribution in [0.4, 0.5) is 5.69 Å². The van der Waals surface area contributed by atoms with Crippen molar-refractivity contribution in [3.8, 4) is 5.75 Å². The fraction of sp³-hybridized carbons (Fsp3) is 0.0833. The molecule has 4 aromatic rings. The molecule has 7 heteroatoms. The van der Waals surface area contributed by atoms with Crippen LogP contribution in [-0.4, -0.2) is 21.1 Å². The maximum absolute atomic E-state index is 13.4. The molecular weight excluding hydrogens is 396 g/mol. The molecule has 1 aromatic heterocycles. The lowest BCUT2D eigenvalue weighted by molar-refractivity contribution is -0.385. The predicted octanol–water partition coefficient (Wildman–Crippen LogP) is 4.89. The van der Waals surface area contributed by atoms with Gasteiger partial charge in [0.1, 0.15) is 5.75 Å². The van der Waals surface area contributed by atoms with Crippen molar-refractivity contribution in [3.63, 3.8) is 0 Å². The molecule has 0 amide bonds. The first-order valence-electron chi connectivity index (χ1n) is 9.60. The maximum atomic E-state index is 13.4. The Labute approximate surface area is 176 Å². The van der Waals surface area contributed by atoms with Gasteiger partial charge in [-0.1, -0.05) is 24.3 Å². The normalized spacial score (nSPS) is 13.4. The molecule has 0 fully saturated rings. The van der Waals surface area contributed by atoms with Gasteiger partial charge in [0.2, 0.25) is 5.78 Å². The van der Waals surface area contributed by atoms with E-state index in [-0.39, 0.29) is 28.5 Å². The van der Waals surface area contributed by atoms with E-state index < -0.39 is 10.7 Å². The second-order valence-electron chi connectivity index (χ2n) is 7.47. The summed E-state index contributed by atoms with van der Waals surface area (Å²) >= 11 is 0. The number of aromatic nitrogens is 1. The summed E-state index contributed by atoms with van der Waals surface area (Å²) in [6.45, 7) is 1.61. The number of carbonyl (C=O) groups excluding carboxylic acids is 2. The highest BCUT2D eigenvalue weighted by Crippen LogP contribution is 2.36. The Morgan fingerprint density at radius 3 is 2.55 bits per heavy atom. The molecule has 1 heterocycles. The Kier molecular flexibility index (Phi) is 4.01. The first-order valence-corrected chi connectivity index (χ1v) is 9.60. The standard InChI is InChI=1S/C24H16N2O5/c1-13-7-8-14(11-19(13)26(29)30)31-21-12-20(27)17-10-9-16-15-5-3-4-6-18(15)25(2)23(16)22(17)24(21)28/h3-12H,1-2H3. The molecule has 1 aliphatic carbocycles. The Morgan fingerprint density at radius 1 is 1.00 bits per heavy atom. The lowest BCUT2D eigenvalue weighted by Gasteiger charge is -2.17. The number of hydrogen-bond acceptors (Lipinski definition) is 5. The Morgan fingerprint density at radius 2 is 1.77 bits per heavy atom. The van der Waals surface area contributed by atoms with E-state index in [1.165, 1.54) is 12.1 Å². The lowest BCUT2D eigenvalue weighted by atomic mass is 9.91. The average Bonchev–Trinajstić information content (AvgIpc) is 3.05. The highest BCUT2D eigenvalue weighted by atomic mass is 16.6. The monoisotopic (exact) mass is 412 g/mol. The topological polar surface area (TPSA) is 91.4 Å². The second kappa shape index (κ2) is 6.63. The second-order valence-corrected chi connectivity index (χ2v) is 7.47. The third-order valence-electron chi connectivity index (χ3n) is 5.65. The number of para-hydroxylation sites is 1. The third kappa shape index (κ3) is 2.74. The molecule has 0 bridgehead atoms. The van der Waals surface area contributed by atoms with Gasteiger partial charge >= 0.3 is 0 Å². The highest BCUT2D eigenvalue weighted by Gasteiger charge is 2.31. The zero-order valence-electron chi connectivity index (χ0n) is 16.7. The number of hydrogen-bond donors (Lipinski definition) is 0. The van der Waals surface area contributed by atoms with Crippen LogP contribution in [0.1, 0.15) is 26.3 Å². The highest BCUT2D eigenvalue weighted by molar-refractivity contribution is 6.30. The van der Waals surface area contributed by atoms with Crippen molar-refractivity contribution < 1.29 is 19.2 Å². The number of fused-ring (bicyclic) bond motifs is 5. The van der Waals surface area contributed by atoms with Crippen LogP contribution >= 0.6 is 0 Å². The minimum atomic E-state index is -0.515. The van der Waals surface area contributed by atoms with Crippen LogP contribution in [0.15, 0.2) is 66.4 Å². The van der Waals surface area contributed by atoms with Crippen LogP contribution in [0.2, 0.25) is 0 Å². The molecule has 0 N–H and O–H groups in total. The number of nitrogens with zero attached hydrogens (tertiary/aromatic N) is 2. The van der Waals surface area contributed by atoms with Crippen molar-refractivity contribution in [2.45, 2.75) is 6.92 Å². The number of nitro groups is 1. The van der Waals surface area contributed by atoms with Crippen LogP contribution in [0.3, 0.4) is 0 Å². The van der Waals surface area contributed by atoms with Gasteiger partial charge in [-0.25, -0.2) is 0 Å². The molecule has 0 saturated heterocycles. The predicted molar refractivity (Wildman–Crippen MR) is 116 cm³/mol. The van der Waals surface area contributed by atoms with Crippen molar-refractivity contribution in [1.29, 1.82) is 0 Å². The summed E-state index contributed by atoms with van der Waals surface area (Å²) in [6, 6.07) is 15.6. The van der Waals surface area contributed by atoms with E-state index in [0.29, 0.717) is 16.6 Å². The summed E-state index contributed by atoms with van der Waals surface area (Å²) in [6.07, 6.45) is 1.14. The van der Waals surface area contributed by atoms with E-state index in [2.05, 4.69) is 0 Å². The summed E-state index contributed by atoms with van der Waals surface area (Å²) in [5.74, 6) is -0.821. The Balaban J connectivity index is 1.66. The van der Waals surface area contributed by atoms with Gasteiger partial charge < -0.3 is 9.30 Å². The van der Waals surface area contributed by atoms with E-state index in [1.807, 2.05) is 41.9 Å². The number of benzene rings is 3. The van der Waals surface area contributed by atoms with Gasteiger partial charge in [0.05, 0.1) is 22.1 Å². The summed E-state index contributed by atoms with van der Waals surface area (Å²) in [7, 11) is 1.85. The average molecular weight is 412 g/mol. The molecule has 3 aromatic carbocycles. The fourth-order valence-corrected chi connectivity index (χ4v) is 4.14. The first-order chi connectivity index (χ1) is 14.9. The SMILES string of the molecule is Cc1ccc(OC2=CC(=O)c3ccc4c5ccccc5n(C)c4c3C2=O)cc1[N+](=O)[O-]. The summed E-state index contributed by atoms with van der Waals surface area (Å²) in [5.41, 5.74) is 2.54. The van der Waals surface area contributed by atoms with Crippen LogP contribution in [0.5, 0.6) is 5.75 Å². The third-order valence-corrected chi connectivity index (χ3v) is 5.65. The molecule has 0 unspecified atom stereocenters. The van der Waals surface area contributed by atoms with E-state index in [9.17, 15) is 19.7 Å². The molecule has 5 rings (SSSR count). The molecule has 7 nitrogen and oxygen atoms in total. The Bertz CT molecular complexity index is 1490. The van der Waals surface area contributed by atoms with E-state index in [4.69, 9.17) is 4.74 Å². The number of Topliss-reactive ketones (excluding diaryl/α,β-unsaturated/α-hetero) is 1. The van der Waals surface area contributed by atoms with Gasteiger partial charge in [-0.15, -0.1) is 0 Å². The van der Waals surface area contributed by atoms with Gasteiger partial charge in [-0.3, -0.25) is 19.7 Å². The van der Waals surface area contributed by atoms with Crippen molar-refractivity contribution in [3.05, 3.63) is 93.2 Å². The maximum Gasteiger partial charge on any atom is 0.276 e. The summed E-state index contributed by atoms with van der Waals surface area (Å²) < 4.78 is 7.58. The van der Waals surface area contributed by atoms with Gasteiger partial charge in [-0.2, -0.15) is 0 Å². The molecule has 0 spiro atoms.